The number of nitrogen functional groups attached to an aromatic ring is 1. The van der Waals surface area contributed by atoms with Crippen LogP contribution >= 0.6 is 11.6 Å². The van der Waals surface area contributed by atoms with E-state index >= 15 is 0 Å². The van der Waals surface area contributed by atoms with Crippen molar-refractivity contribution in [3.8, 4) is 0 Å². The van der Waals surface area contributed by atoms with Crippen molar-refractivity contribution in [2.75, 3.05) is 10.5 Å². The van der Waals surface area contributed by atoms with Crippen LogP contribution in [0, 0.1) is 12.7 Å². The zero-order valence-electron chi connectivity index (χ0n) is 10.3. The highest BCUT2D eigenvalue weighted by Crippen LogP contribution is 2.23. The van der Waals surface area contributed by atoms with Gasteiger partial charge in [-0.15, -0.1) is 10.2 Å². The van der Waals surface area contributed by atoms with Gasteiger partial charge in [-0.2, -0.15) is 0 Å². The third kappa shape index (κ3) is 2.97. The van der Waals surface area contributed by atoms with Gasteiger partial charge in [0, 0.05) is 11.3 Å². The molecule has 0 radical (unpaired) electrons. The van der Waals surface area contributed by atoms with Gasteiger partial charge < -0.3 is 5.73 Å². The van der Waals surface area contributed by atoms with Gasteiger partial charge in [0.15, 0.2) is 11.0 Å². The molecule has 20 heavy (non-hydrogen) atoms. The number of nitrogens with two attached hydrogens (primary N) is 1. The maximum atomic E-state index is 13.5. The van der Waals surface area contributed by atoms with Gasteiger partial charge in [0.05, 0.1) is 4.90 Å². The molecule has 1 aromatic carbocycles. The highest BCUT2D eigenvalue weighted by molar-refractivity contribution is 7.92. The van der Waals surface area contributed by atoms with Gasteiger partial charge in [-0.05, 0) is 31.2 Å². The molecule has 9 heteroatoms. The topological polar surface area (TPSA) is 98.0 Å². The first-order valence-electron chi connectivity index (χ1n) is 5.37. The van der Waals surface area contributed by atoms with Gasteiger partial charge in [-0.3, -0.25) is 4.72 Å². The van der Waals surface area contributed by atoms with Gasteiger partial charge in [0.1, 0.15) is 5.82 Å². The maximum Gasteiger partial charge on any atom is 0.263 e. The van der Waals surface area contributed by atoms with E-state index in [2.05, 4.69) is 14.9 Å². The molecule has 0 unspecified atom stereocenters. The molecule has 0 atom stereocenters. The minimum atomic E-state index is -4.02. The Morgan fingerprint density at radius 2 is 2.00 bits per heavy atom. The fourth-order valence-corrected chi connectivity index (χ4v) is 2.90. The van der Waals surface area contributed by atoms with Crippen LogP contribution in [0.3, 0.4) is 0 Å². The Morgan fingerprint density at radius 1 is 1.30 bits per heavy atom. The Balaban J connectivity index is 2.43. The van der Waals surface area contributed by atoms with Crippen molar-refractivity contribution in [2.45, 2.75) is 11.8 Å². The molecule has 0 spiro atoms. The zero-order valence-corrected chi connectivity index (χ0v) is 11.8. The summed E-state index contributed by atoms with van der Waals surface area (Å²) in [4.78, 5) is -0.258. The number of sulfonamides is 1. The molecule has 106 valence electrons. The van der Waals surface area contributed by atoms with Gasteiger partial charge in [-0.1, -0.05) is 11.6 Å². The standard InChI is InChI=1S/C11H10ClFN4O2S/c1-6-8(13)4-7(14)5-9(6)20(18,19)17-11-3-2-10(12)15-16-11/h2-5H,14H2,1H3,(H,16,17). The van der Waals surface area contributed by atoms with Crippen molar-refractivity contribution in [3.05, 3.63) is 40.8 Å². The molecule has 2 aromatic rings. The number of nitrogens with zero attached hydrogens (tertiary/aromatic N) is 2. The van der Waals surface area contributed by atoms with Crippen LogP contribution in [0.2, 0.25) is 5.15 Å². The molecule has 0 fully saturated rings. The zero-order chi connectivity index (χ0) is 14.9. The van der Waals surface area contributed by atoms with Crippen molar-refractivity contribution >= 4 is 33.1 Å². The maximum absolute atomic E-state index is 13.5. The minimum Gasteiger partial charge on any atom is -0.399 e. The second-order valence-electron chi connectivity index (χ2n) is 3.97. The fourth-order valence-electron chi connectivity index (χ4n) is 1.52. The smallest absolute Gasteiger partial charge is 0.263 e. The monoisotopic (exact) mass is 316 g/mol. The lowest BCUT2D eigenvalue weighted by atomic mass is 10.2. The third-order valence-corrected chi connectivity index (χ3v) is 4.16. The molecule has 0 saturated carbocycles. The molecular weight excluding hydrogens is 307 g/mol. The molecule has 1 aromatic heterocycles. The van der Waals surface area contributed by atoms with E-state index in [0.717, 1.165) is 6.07 Å². The minimum absolute atomic E-state index is 0.00988. The molecule has 0 amide bonds. The number of nitrogens with one attached hydrogen (secondary N) is 1. The summed E-state index contributed by atoms with van der Waals surface area (Å²) in [6.07, 6.45) is 0. The lowest BCUT2D eigenvalue weighted by Gasteiger charge is -2.10. The molecule has 1 heterocycles. The molecule has 0 aliphatic carbocycles. The van der Waals surface area contributed by atoms with E-state index in [-0.39, 0.29) is 27.1 Å². The molecule has 6 nitrogen and oxygen atoms in total. The summed E-state index contributed by atoms with van der Waals surface area (Å²) in [5.41, 5.74) is 5.44. The third-order valence-electron chi connectivity index (χ3n) is 2.48. The van der Waals surface area contributed by atoms with Crippen molar-refractivity contribution in [3.63, 3.8) is 0 Å². The average Bonchev–Trinajstić information content (AvgIpc) is 2.36. The van der Waals surface area contributed by atoms with E-state index in [1.807, 2.05) is 0 Å². The number of benzene rings is 1. The van der Waals surface area contributed by atoms with Gasteiger partial charge >= 0.3 is 0 Å². The van der Waals surface area contributed by atoms with Crippen molar-refractivity contribution in [2.24, 2.45) is 0 Å². The Kier molecular flexibility index (Phi) is 3.78. The van der Waals surface area contributed by atoms with Crippen LogP contribution in [-0.4, -0.2) is 18.6 Å². The van der Waals surface area contributed by atoms with Crippen LogP contribution in [-0.2, 0) is 10.0 Å². The van der Waals surface area contributed by atoms with Crippen LogP contribution in [0.15, 0.2) is 29.2 Å². The van der Waals surface area contributed by atoms with Gasteiger partial charge in [0.2, 0.25) is 0 Å². The van der Waals surface area contributed by atoms with Gasteiger partial charge in [0.25, 0.3) is 10.0 Å². The number of rotatable bonds is 3. The predicted molar refractivity (Wildman–Crippen MR) is 73.4 cm³/mol. The van der Waals surface area contributed by atoms with Gasteiger partial charge in [-0.25, -0.2) is 12.8 Å². The van der Waals surface area contributed by atoms with E-state index < -0.39 is 15.8 Å². The summed E-state index contributed by atoms with van der Waals surface area (Å²) < 4.78 is 40.1. The summed E-state index contributed by atoms with van der Waals surface area (Å²) in [5.74, 6) is -0.732. The summed E-state index contributed by atoms with van der Waals surface area (Å²) in [6, 6.07) is 4.94. The summed E-state index contributed by atoms with van der Waals surface area (Å²) >= 11 is 5.55. The second-order valence-corrected chi connectivity index (χ2v) is 6.01. The van der Waals surface area contributed by atoms with Crippen LogP contribution in [0.5, 0.6) is 0 Å². The summed E-state index contributed by atoms with van der Waals surface area (Å²) in [5, 5.41) is 7.19. The second kappa shape index (κ2) is 5.22. The first-order chi connectivity index (χ1) is 9.29. The van der Waals surface area contributed by atoms with E-state index in [9.17, 15) is 12.8 Å². The number of hydrogen-bond acceptors (Lipinski definition) is 5. The van der Waals surface area contributed by atoms with Crippen molar-refractivity contribution < 1.29 is 12.8 Å². The van der Waals surface area contributed by atoms with Crippen LogP contribution in [0.25, 0.3) is 0 Å². The van der Waals surface area contributed by atoms with Crippen LogP contribution in [0.4, 0.5) is 15.9 Å². The summed E-state index contributed by atoms with van der Waals surface area (Å²) in [6.45, 7) is 1.34. The normalized spacial score (nSPS) is 11.3. The number of aromatic nitrogens is 2. The van der Waals surface area contributed by atoms with E-state index in [0.29, 0.717) is 0 Å². The van der Waals surface area contributed by atoms with Crippen LogP contribution < -0.4 is 10.5 Å². The molecule has 0 saturated heterocycles. The average molecular weight is 317 g/mol. The van der Waals surface area contributed by atoms with Crippen molar-refractivity contribution in [1.82, 2.24) is 10.2 Å². The Morgan fingerprint density at radius 3 is 2.60 bits per heavy atom. The van der Waals surface area contributed by atoms with Crippen LogP contribution in [0.1, 0.15) is 5.56 Å². The number of anilines is 2. The molecule has 0 aliphatic rings. The highest BCUT2D eigenvalue weighted by Gasteiger charge is 2.20. The Hall–Kier alpha value is -1.93. The molecule has 0 bridgehead atoms. The molecule has 2 rings (SSSR count). The van der Waals surface area contributed by atoms with E-state index in [4.69, 9.17) is 17.3 Å². The lowest BCUT2D eigenvalue weighted by Crippen LogP contribution is -2.16. The van der Waals surface area contributed by atoms with E-state index in [1.165, 1.54) is 25.1 Å². The SMILES string of the molecule is Cc1c(F)cc(N)cc1S(=O)(=O)Nc1ccc(Cl)nn1. The number of halogens is 2. The molecular formula is C11H10ClFN4O2S. The van der Waals surface area contributed by atoms with Crippen molar-refractivity contribution in [1.29, 1.82) is 0 Å². The molecule has 0 aliphatic heterocycles. The first kappa shape index (κ1) is 14.5. The lowest BCUT2D eigenvalue weighted by molar-refractivity contribution is 0.591. The Bertz CT molecular complexity index is 750. The van der Waals surface area contributed by atoms with E-state index in [1.54, 1.807) is 0 Å². The Labute approximate surface area is 119 Å². The quantitative estimate of drug-likeness (QED) is 0.843. The molecule has 3 N–H and O–H groups in total. The summed E-state index contributed by atoms with van der Waals surface area (Å²) in [7, 11) is -4.02. The highest BCUT2D eigenvalue weighted by atomic mass is 35.5. The predicted octanol–water partition coefficient (Wildman–Crippen LogP) is 1.96. The largest absolute Gasteiger partial charge is 0.399 e. The fraction of sp³-hybridized carbons (Fsp3) is 0.0909. The number of hydrogen-bond donors (Lipinski definition) is 2. The first-order valence-corrected chi connectivity index (χ1v) is 7.23.